The van der Waals surface area contributed by atoms with Crippen molar-refractivity contribution in [2.24, 2.45) is 0 Å². The minimum Gasteiger partial charge on any atom is -0.316 e. The summed E-state index contributed by atoms with van der Waals surface area (Å²) < 4.78 is 2.03. The predicted molar refractivity (Wildman–Crippen MR) is 93.9 cm³/mol. The van der Waals surface area contributed by atoms with Crippen LogP contribution in [0.3, 0.4) is 0 Å². The molecule has 1 aliphatic heterocycles. The molecule has 0 radical (unpaired) electrons. The number of hydrogen-bond donors (Lipinski definition) is 0. The summed E-state index contributed by atoms with van der Waals surface area (Å²) in [4.78, 5) is 24.9. The maximum Gasteiger partial charge on any atom is 0.269 e. The molecule has 1 aromatic heterocycles. The molecule has 25 heavy (non-hydrogen) atoms. The van der Waals surface area contributed by atoms with E-state index < -0.39 is 11.0 Å². The molecule has 3 aromatic rings. The van der Waals surface area contributed by atoms with Crippen molar-refractivity contribution in [2.75, 3.05) is 4.90 Å². The van der Waals surface area contributed by atoms with Crippen LogP contribution in [0.25, 0.3) is 5.69 Å². The summed E-state index contributed by atoms with van der Waals surface area (Å²) in [7, 11) is 0. The van der Waals surface area contributed by atoms with Gasteiger partial charge in [-0.05, 0) is 29.8 Å². The van der Waals surface area contributed by atoms with Gasteiger partial charge in [-0.3, -0.25) is 19.8 Å². The lowest BCUT2D eigenvalue weighted by atomic mass is 9.97. The quantitative estimate of drug-likeness (QED) is 0.528. The fourth-order valence-electron chi connectivity index (χ4n) is 3.46. The van der Waals surface area contributed by atoms with E-state index in [4.69, 9.17) is 0 Å². The maximum atomic E-state index is 12.5. The molecule has 4 rings (SSSR count). The first kappa shape index (κ1) is 15.1. The van der Waals surface area contributed by atoms with E-state index in [1.165, 1.54) is 19.1 Å². The fraction of sp³-hybridized carbons (Fsp3) is 0.105. The van der Waals surface area contributed by atoms with Gasteiger partial charge in [-0.15, -0.1) is 0 Å². The average Bonchev–Trinajstić information content (AvgIpc) is 3.10. The zero-order valence-corrected chi connectivity index (χ0v) is 13.5. The van der Waals surface area contributed by atoms with E-state index in [9.17, 15) is 14.9 Å². The van der Waals surface area contributed by atoms with Crippen molar-refractivity contribution in [3.8, 4) is 5.69 Å². The molecule has 1 amide bonds. The molecule has 0 spiro atoms. The van der Waals surface area contributed by atoms with Gasteiger partial charge in [0.1, 0.15) is 6.04 Å². The Bertz CT molecular complexity index is 993. The van der Waals surface area contributed by atoms with E-state index in [1.807, 2.05) is 53.2 Å². The monoisotopic (exact) mass is 333 g/mol. The average molecular weight is 333 g/mol. The van der Waals surface area contributed by atoms with Crippen LogP contribution in [0, 0.1) is 10.1 Å². The van der Waals surface area contributed by atoms with Gasteiger partial charge < -0.3 is 4.57 Å². The second-order valence-corrected chi connectivity index (χ2v) is 5.94. The summed E-state index contributed by atoms with van der Waals surface area (Å²) in [6.45, 7) is 1.51. The smallest absolute Gasteiger partial charge is 0.269 e. The highest BCUT2D eigenvalue weighted by Gasteiger charge is 2.34. The Kier molecular flexibility index (Phi) is 3.39. The van der Waals surface area contributed by atoms with Crippen molar-refractivity contribution >= 4 is 17.3 Å². The maximum absolute atomic E-state index is 12.5. The van der Waals surface area contributed by atoms with Gasteiger partial charge in [0, 0.05) is 25.3 Å². The Morgan fingerprint density at radius 3 is 2.52 bits per heavy atom. The summed E-state index contributed by atoms with van der Waals surface area (Å²) in [6.07, 6.45) is 1.94. The van der Waals surface area contributed by atoms with Gasteiger partial charge in [0.15, 0.2) is 0 Å². The molecule has 0 aliphatic carbocycles. The van der Waals surface area contributed by atoms with Gasteiger partial charge in [0.25, 0.3) is 5.69 Å². The van der Waals surface area contributed by atoms with Crippen LogP contribution in [-0.4, -0.2) is 15.4 Å². The highest BCUT2D eigenvalue weighted by atomic mass is 16.6. The van der Waals surface area contributed by atoms with Crippen molar-refractivity contribution in [2.45, 2.75) is 13.0 Å². The molecule has 2 heterocycles. The highest BCUT2D eigenvalue weighted by Crippen LogP contribution is 2.42. The molecule has 2 aromatic carbocycles. The standard InChI is InChI=1S/C19H15N3O3/c1-13(23)21-17-9-3-2-8-16(17)20-11-5-10-18(20)19(21)14-6-4-7-15(12-14)22(24)25/h2-12,19H,1H3/t19-/m0/s1. The Balaban J connectivity index is 1.97. The summed E-state index contributed by atoms with van der Waals surface area (Å²) >= 11 is 0. The van der Waals surface area contributed by atoms with Crippen LogP contribution in [0.5, 0.6) is 0 Å². The lowest BCUT2D eigenvalue weighted by Crippen LogP contribution is -2.38. The molecule has 6 heteroatoms. The minimum atomic E-state index is -0.419. The number of amides is 1. The number of nitrogens with zero attached hydrogens (tertiary/aromatic N) is 3. The lowest BCUT2D eigenvalue weighted by Gasteiger charge is -2.38. The normalized spacial score (nSPS) is 15.4. The van der Waals surface area contributed by atoms with Gasteiger partial charge in [0.05, 0.1) is 22.0 Å². The van der Waals surface area contributed by atoms with Crippen LogP contribution in [0.1, 0.15) is 24.2 Å². The van der Waals surface area contributed by atoms with E-state index in [2.05, 4.69) is 0 Å². The van der Waals surface area contributed by atoms with E-state index in [-0.39, 0.29) is 11.6 Å². The van der Waals surface area contributed by atoms with E-state index in [0.29, 0.717) is 5.56 Å². The molecule has 0 N–H and O–H groups in total. The Hall–Kier alpha value is -3.41. The Morgan fingerprint density at radius 2 is 1.80 bits per heavy atom. The molecule has 1 atom stereocenters. The second-order valence-electron chi connectivity index (χ2n) is 5.94. The number of nitro benzene ring substituents is 1. The van der Waals surface area contributed by atoms with Crippen LogP contribution < -0.4 is 4.90 Å². The summed E-state index contributed by atoms with van der Waals surface area (Å²) in [5.41, 5.74) is 3.32. The molecular weight excluding hydrogens is 318 g/mol. The number of rotatable bonds is 2. The minimum absolute atomic E-state index is 0.0120. The Labute approximate surface area is 144 Å². The first-order valence-corrected chi connectivity index (χ1v) is 7.89. The third-order valence-corrected chi connectivity index (χ3v) is 4.46. The van der Waals surface area contributed by atoms with Gasteiger partial charge >= 0.3 is 0 Å². The van der Waals surface area contributed by atoms with Gasteiger partial charge in [-0.25, -0.2) is 0 Å². The van der Waals surface area contributed by atoms with E-state index in [0.717, 1.165) is 17.1 Å². The van der Waals surface area contributed by atoms with Gasteiger partial charge in [-0.2, -0.15) is 0 Å². The number of para-hydroxylation sites is 2. The number of hydrogen-bond acceptors (Lipinski definition) is 3. The van der Waals surface area contributed by atoms with Crippen molar-refractivity contribution in [3.63, 3.8) is 0 Å². The van der Waals surface area contributed by atoms with Crippen molar-refractivity contribution in [1.29, 1.82) is 0 Å². The highest BCUT2D eigenvalue weighted by molar-refractivity contribution is 5.96. The zero-order chi connectivity index (χ0) is 17.6. The molecule has 0 bridgehead atoms. The summed E-state index contributed by atoms with van der Waals surface area (Å²) in [5.74, 6) is -0.114. The number of anilines is 1. The third-order valence-electron chi connectivity index (χ3n) is 4.46. The number of aromatic nitrogens is 1. The van der Waals surface area contributed by atoms with Crippen molar-refractivity contribution < 1.29 is 9.72 Å². The SMILES string of the molecule is CC(=O)N1c2ccccc2-n2cccc2[C@@H]1c1cccc([N+](=O)[O-])c1. The molecule has 1 aliphatic rings. The van der Waals surface area contributed by atoms with Gasteiger partial charge in [0.2, 0.25) is 5.91 Å². The summed E-state index contributed by atoms with van der Waals surface area (Å²) in [6, 6.07) is 17.6. The number of non-ortho nitro benzene ring substituents is 1. The molecule has 0 fully saturated rings. The van der Waals surface area contributed by atoms with E-state index >= 15 is 0 Å². The molecule has 0 unspecified atom stereocenters. The third kappa shape index (κ3) is 2.30. The first-order valence-electron chi connectivity index (χ1n) is 7.89. The number of fused-ring (bicyclic) bond motifs is 3. The topological polar surface area (TPSA) is 68.4 Å². The van der Waals surface area contributed by atoms with Crippen LogP contribution in [0.2, 0.25) is 0 Å². The predicted octanol–water partition coefficient (Wildman–Crippen LogP) is 3.84. The number of nitro groups is 1. The lowest BCUT2D eigenvalue weighted by molar-refractivity contribution is -0.384. The van der Waals surface area contributed by atoms with Gasteiger partial charge in [-0.1, -0.05) is 24.3 Å². The number of benzene rings is 2. The second kappa shape index (κ2) is 5.59. The van der Waals surface area contributed by atoms with Crippen molar-refractivity contribution in [1.82, 2.24) is 4.57 Å². The number of carbonyl (C=O) groups is 1. The number of carbonyl (C=O) groups excluding carboxylic acids is 1. The van der Waals surface area contributed by atoms with Crippen LogP contribution >= 0.6 is 0 Å². The molecular formula is C19H15N3O3. The molecule has 0 saturated heterocycles. The zero-order valence-electron chi connectivity index (χ0n) is 13.5. The van der Waals surface area contributed by atoms with Crippen LogP contribution in [0.4, 0.5) is 11.4 Å². The van der Waals surface area contributed by atoms with Crippen molar-refractivity contribution in [3.05, 3.63) is 88.2 Å². The first-order chi connectivity index (χ1) is 12.1. The van der Waals surface area contributed by atoms with E-state index in [1.54, 1.807) is 11.0 Å². The molecule has 6 nitrogen and oxygen atoms in total. The van der Waals surface area contributed by atoms with Crippen LogP contribution in [-0.2, 0) is 4.79 Å². The molecule has 0 saturated carbocycles. The largest absolute Gasteiger partial charge is 0.316 e. The van der Waals surface area contributed by atoms with Crippen LogP contribution in [0.15, 0.2) is 66.9 Å². The fourth-order valence-corrected chi connectivity index (χ4v) is 3.46. The summed E-state index contributed by atoms with van der Waals surface area (Å²) in [5, 5.41) is 11.2. The Morgan fingerprint density at radius 1 is 1.04 bits per heavy atom. The molecule has 124 valence electrons.